The summed E-state index contributed by atoms with van der Waals surface area (Å²) in [4.78, 5) is 13.8. The minimum Gasteiger partial charge on any atom is -0.444 e. The average Bonchev–Trinajstić information content (AvgIpc) is 2.52. The van der Waals surface area contributed by atoms with Crippen LogP contribution in [0.2, 0.25) is 0 Å². The van der Waals surface area contributed by atoms with Crippen molar-refractivity contribution in [2.75, 3.05) is 13.1 Å². The van der Waals surface area contributed by atoms with Crippen molar-refractivity contribution in [2.24, 2.45) is 5.73 Å². The van der Waals surface area contributed by atoms with Gasteiger partial charge >= 0.3 is 6.09 Å². The minimum absolute atomic E-state index is 0.0348. The summed E-state index contributed by atoms with van der Waals surface area (Å²) in [6.07, 6.45) is 4.68. The Hall–Kier alpha value is -1.81. The van der Waals surface area contributed by atoms with E-state index in [9.17, 15) is 4.79 Å². The normalized spacial score (nSPS) is 16.9. The standard InChI is InChI=1S/C19H28N2O2/c1-19(2,3)23-18(22)21-13-11-15(12-14-21)9-10-17(20)16-7-5-4-6-8-16/h4-9,17H,10-14,20H2,1-3H3/t17-/m1/s1. The molecule has 0 radical (unpaired) electrons. The fourth-order valence-electron chi connectivity index (χ4n) is 2.64. The maximum Gasteiger partial charge on any atom is 0.410 e. The van der Waals surface area contributed by atoms with Crippen LogP contribution in [0.1, 0.15) is 51.6 Å². The number of carbonyl (C=O) groups excluding carboxylic acids is 1. The zero-order valence-electron chi connectivity index (χ0n) is 14.4. The van der Waals surface area contributed by atoms with E-state index in [-0.39, 0.29) is 12.1 Å². The van der Waals surface area contributed by atoms with Crippen LogP contribution < -0.4 is 5.73 Å². The molecular formula is C19H28N2O2. The summed E-state index contributed by atoms with van der Waals surface area (Å²) in [6, 6.07) is 10.2. The van der Waals surface area contributed by atoms with Crippen LogP contribution in [0, 0.1) is 0 Å². The summed E-state index contributed by atoms with van der Waals surface area (Å²) in [5.41, 5.74) is 8.34. The van der Waals surface area contributed by atoms with Crippen LogP contribution in [0.5, 0.6) is 0 Å². The van der Waals surface area contributed by atoms with E-state index in [4.69, 9.17) is 10.5 Å². The summed E-state index contributed by atoms with van der Waals surface area (Å²) in [5.74, 6) is 0. The fraction of sp³-hybridized carbons (Fsp3) is 0.526. The molecule has 0 unspecified atom stereocenters. The molecule has 2 rings (SSSR count). The number of ether oxygens (including phenoxy) is 1. The number of nitrogens with zero attached hydrogens (tertiary/aromatic N) is 1. The molecular weight excluding hydrogens is 288 g/mol. The van der Waals surface area contributed by atoms with Gasteiger partial charge in [-0.1, -0.05) is 42.0 Å². The van der Waals surface area contributed by atoms with E-state index in [1.165, 1.54) is 5.57 Å². The monoisotopic (exact) mass is 316 g/mol. The Labute approximate surface area is 139 Å². The van der Waals surface area contributed by atoms with Gasteiger partial charge in [0.2, 0.25) is 0 Å². The van der Waals surface area contributed by atoms with Crippen molar-refractivity contribution in [2.45, 2.75) is 51.7 Å². The summed E-state index contributed by atoms with van der Waals surface area (Å²) in [5, 5.41) is 0. The lowest BCUT2D eigenvalue weighted by Crippen LogP contribution is -2.40. The number of nitrogens with two attached hydrogens (primary N) is 1. The Bertz CT molecular complexity index is 536. The highest BCUT2D eigenvalue weighted by atomic mass is 16.6. The summed E-state index contributed by atoms with van der Waals surface area (Å²) in [7, 11) is 0. The Kier molecular flexibility index (Phi) is 5.83. The van der Waals surface area contributed by atoms with Gasteiger partial charge in [-0.05, 0) is 45.6 Å². The van der Waals surface area contributed by atoms with Gasteiger partial charge in [-0.15, -0.1) is 0 Å². The first-order valence-corrected chi connectivity index (χ1v) is 8.31. The number of likely N-dealkylation sites (tertiary alicyclic amines) is 1. The highest BCUT2D eigenvalue weighted by molar-refractivity contribution is 5.68. The van der Waals surface area contributed by atoms with Crippen molar-refractivity contribution >= 4 is 6.09 Å². The molecule has 1 atom stereocenters. The first-order valence-electron chi connectivity index (χ1n) is 8.31. The Balaban J connectivity index is 1.81. The Morgan fingerprint density at radius 3 is 2.43 bits per heavy atom. The van der Waals surface area contributed by atoms with Gasteiger partial charge in [0.15, 0.2) is 0 Å². The van der Waals surface area contributed by atoms with E-state index in [0.29, 0.717) is 0 Å². The van der Waals surface area contributed by atoms with Crippen molar-refractivity contribution in [3.63, 3.8) is 0 Å². The number of carbonyl (C=O) groups is 1. The molecule has 1 aliphatic heterocycles. The molecule has 23 heavy (non-hydrogen) atoms. The molecule has 0 bridgehead atoms. The molecule has 1 amide bonds. The van der Waals surface area contributed by atoms with Gasteiger partial charge < -0.3 is 15.4 Å². The Morgan fingerprint density at radius 2 is 1.87 bits per heavy atom. The quantitative estimate of drug-likeness (QED) is 0.856. The molecule has 1 aromatic rings. The van der Waals surface area contributed by atoms with E-state index in [1.54, 1.807) is 4.90 Å². The lowest BCUT2D eigenvalue weighted by Gasteiger charge is -2.31. The van der Waals surface area contributed by atoms with Gasteiger partial charge in [-0.25, -0.2) is 4.79 Å². The number of hydrogen-bond acceptors (Lipinski definition) is 3. The third-order valence-electron chi connectivity index (χ3n) is 3.95. The van der Waals surface area contributed by atoms with E-state index in [1.807, 2.05) is 39.0 Å². The maximum atomic E-state index is 12.0. The second kappa shape index (κ2) is 7.64. The van der Waals surface area contributed by atoms with E-state index in [0.717, 1.165) is 37.9 Å². The van der Waals surface area contributed by atoms with Crippen molar-refractivity contribution in [3.8, 4) is 0 Å². The number of hydrogen-bond donors (Lipinski definition) is 1. The molecule has 0 spiro atoms. The van der Waals surface area contributed by atoms with Crippen molar-refractivity contribution in [1.29, 1.82) is 0 Å². The van der Waals surface area contributed by atoms with Crippen LogP contribution in [0.15, 0.2) is 42.0 Å². The molecule has 1 aromatic carbocycles. The highest BCUT2D eigenvalue weighted by Gasteiger charge is 2.24. The predicted octanol–water partition coefficient (Wildman–Crippen LogP) is 4.03. The van der Waals surface area contributed by atoms with Gasteiger partial charge in [0.1, 0.15) is 5.60 Å². The SMILES string of the molecule is CC(C)(C)OC(=O)N1CCC(=CC[C@@H](N)c2ccccc2)CC1. The van der Waals surface area contributed by atoms with Crippen LogP contribution in [-0.2, 0) is 4.74 Å². The molecule has 1 heterocycles. The third-order valence-corrected chi connectivity index (χ3v) is 3.95. The second-order valence-electron chi connectivity index (χ2n) is 7.08. The van der Waals surface area contributed by atoms with Gasteiger partial charge in [0, 0.05) is 19.1 Å². The lowest BCUT2D eigenvalue weighted by atomic mass is 9.99. The third kappa shape index (κ3) is 5.71. The smallest absolute Gasteiger partial charge is 0.410 e. The number of piperidine rings is 1. The topological polar surface area (TPSA) is 55.6 Å². The van der Waals surface area contributed by atoms with Crippen LogP contribution >= 0.6 is 0 Å². The maximum absolute atomic E-state index is 12.0. The summed E-state index contributed by atoms with van der Waals surface area (Å²) >= 11 is 0. The van der Waals surface area contributed by atoms with Crippen LogP contribution in [0.25, 0.3) is 0 Å². The second-order valence-corrected chi connectivity index (χ2v) is 7.08. The lowest BCUT2D eigenvalue weighted by molar-refractivity contribution is 0.0236. The number of benzene rings is 1. The molecule has 0 aromatic heterocycles. The van der Waals surface area contributed by atoms with E-state index in [2.05, 4.69) is 18.2 Å². The largest absolute Gasteiger partial charge is 0.444 e. The predicted molar refractivity (Wildman–Crippen MR) is 93.1 cm³/mol. The molecule has 1 fully saturated rings. The van der Waals surface area contributed by atoms with Gasteiger partial charge in [0.05, 0.1) is 0 Å². The molecule has 0 saturated carbocycles. The number of amides is 1. The van der Waals surface area contributed by atoms with Crippen LogP contribution in [0.4, 0.5) is 4.79 Å². The summed E-state index contributed by atoms with van der Waals surface area (Å²) in [6.45, 7) is 7.13. The molecule has 0 aliphatic carbocycles. The molecule has 126 valence electrons. The van der Waals surface area contributed by atoms with Crippen LogP contribution in [0.3, 0.4) is 0 Å². The summed E-state index contributed by atoms with van der Waals surface area (Å²) < 4.78 is 5.42. The van der Waals surface area contributed by atoms with Gasteiger partial charge in [0.25, 0.3) is 0 Å². The highest BCUT2D eigenvalue weighted by Crippen LogP contribution is 2.22. The van der Waals surface area contributed by atoms with Gasteiger partial charge in [-0.3, -0.25) is 0 Å². The molecule has 2 N–H and O–H groups in total. The number of rotatable bonds is 3. The Morgan fingerprint density at radius 1 is 1.26 bits per heavy atom. The minimum atomic E-state index is -0.435. The van der Waals surface area contributed by atoms with E-state index >= 15 is 0 Å². The first kappa shape index (κ1) is 17.5. The van der Waals surface area contributed by atoms with Gasteiger partial charge in [-0.2, -0.15) is 0 Å². The molecule has 4 nitrogen and oxygen atoms in total. The van der Waals surface area contributed by atoms with E-state index < -0.39 is 5.60 Å². The zero-order chi connectivity index (χ0) is 16.9. The molecule has 1 saturated heterocycles. The zero-order valence-corrected chi connectivity index (χ0v) is 14.4. The van der Waals surface area contributed by atoms with Crippen molar-refractivity contribution < 1.29 is 9.53 Å². The molecule has 4 heteroatoms. The average molecular weight is 316 g/mol. The first-order chi connectivity index (χ1) is 10.8. The fourth-order valence-corrected chi connectivity index (χ4v) is 2.64. The molecule has 1 aliphatic rings. The van der Waals surface area contributed by atoms with Crippen molar-refractivity contribution in [3.05, 3.63) is 47.5 Å². The van der Waals surface area contributed by atoms with Crippen LogP contribution in [-0.4, -0.2) is 29.7 Å². The van der Waals surface area contributed by atoms with Crippen molar-refractivity contribution in [1.82, 2.24) is 4.90 Å².